The van der Waals surface area contributed by atoms with Crippen LogP contribution < -0.4 is 0 Å². The monoisotopic (exact) mass is 261 g/mol. The predicted molar refractivity (Wildman–Crippen MR) is 74.6 cm³/mol. The fraction of sp³-hybridized carbons (Fsp3) is 0.167. The molecule has 3 aromatic rings. The number of aryl methyl sites for hydroxylation is 1. The molecule has 0 saturated heterocycles. The van der Waals surface area contributed by atoms with Crippen molar-refractivity contribution in [1.82, 2.24) is 15.0 Å². The fourth-order valence-electron chi connectivity index (χ4n) is 1.81. The Morgan fingerprint density at radius 2 is 2.24 bits per heavy atom. The molecule has 0 saturated carbocycles. The van der Waals surface area contributed by atoms with Crippen LogP contribution in [0.5, 0.6) is 0 Å². The Hall–Kier alpha value is -1.33. The molecule has 3 nitrogen and oxygen atoms in total. The molecule has 2 heterocycles. The van der Waals surface area contributed by atoms with Gasteiger partial charge in [0.2, 0.25) is 0 Å². The van der Waals surface area contributed by atoms with Crippen molar-refractivity contribution in [2.45, 2.75) is 12.7 Å². The number of nitrogens with one attached hydrogen (secondary N) is 1. The van der Waals surface area contributed by atoms with Crippen LogP contribution in [0.1, 0.15) is 10.8 Å². The van der Waals surface area contributed by atoms with E-state index in [1.165, 1.54) is 0 Å². The van der Waals surface area contributed by atoms with Crippen molar-refractivity contribution in [3.05, 3.63) is 34.4 Å². The van der Waals surface area contributed by atoms with Gasteiger partial charge in [0.15, 0.2) is 0 Å². The van der Waals surface area contributed by atoms with Crippen molar-refractivity contribution in [2.24, 2.45) is 0 Å². The van der Waals surface area contributed by atoms with Gasteiger partial charge in [-0.25, -0.2) is 9.97 Å². The highest BCUT2D eigenvalue weighted by Gasteiger charge is 2.06. The zero-order valence-electron chi connectivity index (χ0n) is 9.27. The minimum Gasteiger partial charge on any atom is -0.342 e. The summed E-state index contributed by atoms with van der Waals surface area (Å²) in [6.07, 6.45) is 0. The first kappa shape index (κ1) is 10.8. The number of hydrogen-bond donors (Lipinski definition) is 2. The van der Waals surface area contributed by atoms with Crippen LogP contribution in [0.2, 0.25) is 0 Å². The zero-order valence-corrected chi connectivity index (χ0v) is 11.0. The number of aromatic nitrogens is 3. The first-order valence-electron chi connectivity index (χ1n) is 5.28. The predicted octanol–water partition coefficient (Wildman–Crippen LogP) is 3.42. The average Bonchev–Trinajstić information content (AvgIpc) is 2.92. The molecule has 0 aliphatic carbocycles. The summed E-state index contributed by atoms with van der Waals surface area (Å²) in [5.74, 6) is 1.63. The van der Waals surface area contributed by atoms with Crippen LogP contribution in [0, 0.1) is 6.92 Å². The van der Waals surface area contributed by atoms with Gasteiger partial charge < -0.3 is 4.98 Å². The largest absolute Gasteiger partial charge is 0.342 e. The Balaban J connectivity index is 2.10. The second-order valence-corrected chi connectivity index (χ2v) is 5.10. The highest BCUT2D eigenvalue weighted by atomic mass is 32.1. The number of fused-ring (bicyclic) bond motifs is 1. The second kappa shape index (κ2) is 4.16. The molecule has 0 atom stereocenters. The summed E-state index contributed by atoms with van der Waals surface area (Å²) < 4.78 is 0. The Morgan fingerprint density at radius 3 is 3.00 bits per heavy atom. The number of thiol groups is 1. The van der Waals surface area contributed by atoms with Gasteiger partial charge in [-0.15, -0.1) is 11.3 Å². The van der Waals surface area contributed by atoms with Gasteiger partial charge in [0.05, 0.1) is 16.7 Å². The van der Waals surface area contributed by atoms with E-state index in [0.29, 0.717) is 5.75 Å². The third kappa shape index (κ3) is 1.96. The first-order chi connectivity index (χ1) is 8.26. The molecule has 2 aromatic heterocycles. The van der Waals surface area contributed by atoms with Gasteiger partial charge in [-0.1, -0.05) is 6.07 Å². The minimum absolute atomic E-state index is 0.691. The van der Waals surface area contributed by atoms with E-state index in [1.54, 1.807) is 11.3 Å². The lowest BCUT2D eigenvalue weighted by Gasteiger charge is -1.96. The molecule has 3 rings (SSSR count). The summed E-state index contributed by atoms with van der Waals surface area (Å²) in [6.45, 7) is 1.96. The number of aromatic amines is 1. The SMILES string of the molecule is Cc1nc2ccc(-c3csc(CS)n3)cc2[nH]1. The molecule has 0 spiro atoms. The fourth-order valence-corrected chi connectivity index (χ4v) is 2.77. The average molecular weight is 261 g/mol. The van der Waals surface area contributed by atoms with Gasteiger partial charge >= 0.3 is 0 Å². The molecular formula is C12H11N3S2. The summed E-state index contributed by atoms with van der Waals surface area (Å²) in [6, 6.07) is 6.17. The van der Waals surface area contributed by atoms with Crippen molar-refractivity contribution in [3.63, 3.8) is 0 Å². The smallest absolute Gasteiger partial charge is 0.104 e. The van der Waals surface area contributed by atoms with Crippen molar-refractivity contribution >= 4 is 35.0 Å². The summed E-state index contributed by atoms with van der Waals surface area (Å²) >= 11 is 5.87. The molecule has 1 N–H and O–H groups in total. The zero-order chi connectivity index (χ0) is 11.8. The second-order valence-electron chi connectivity index (χ2n) is 3.84. The van der Waals surface area contributed by atoms with Gasteiger partial charge in [0.25, 0.3) is 0 Å². The maximum atomic E-state index is 4.52. The lowest BCUT2D eigenvalue weighted by molar-refractivity contribution is 1.17. The van der Waals surface area contributed by atoms with Gasteiger partial charge in [0.1, 0.15) is 10.8 Å². The van der Waals surface area contributed by atoms with Crippen molar-refractivity contribution in [3.8, 4) is 11.3 Å². The van der Waals surface area contributed by atoms with Crippen LogP contribution >= 0.6 is 24.0 Å². The number of benzene rings is 1. The van der Waals surface area contributed by atoms with Crippen molar-refractivity contribution in [2.75, 3.05) is 0 Å². The summed E-state index contributed by atoms with van der Waals surface area (Å²) in [5, 5.41) is 3.11. The first-order valence-corrected chi connectivity index (χ1v) is 6.79. The molecule has 0 fully saturated rings. The normalized spacial score (nSPS) is 11.2. The van der Waals surface area contributed by atoms with Gasteiger partial charge in [-0.3, -0.25) is 0 Å². The van der Waals surface area contributed by atoms with Crippen LogP contribution in [0.4, 0.5) is 0 Å². The number of imidazole rings is 1. The summed E-state index contributed by atoms with van der Waals surface area (Å²) in [5.41, 5.74) is 4.18. The molecule has 17 heavy (non-hydrogen) atoms. The summed E-state index contributed by atoms with van der Waals surface area (Å²) in [4.78, 5) is 12.1. The number of rotatable bonds is 2. The van der Waals surface area contributed by atoms with E-state index in [4.69, 9.17) is 0 Å². The third-order valence-corrected chi connectivity index (χ3v) is 3.95. The molecule has 0 aliphatic heterocycles. The Morgan fingerprint density at radius 1 is 1.35 bits per heavy atom. The molecule has 0 unspecified atom stereocenters. The van der Waals surface area contributed by atoms with Gasteiger partial charge in [0, 0.05) is 16.7 Å². The van der Waals surface area contributed by atoms with E-state index in [-0.39, 0.29) is 0 Å². The number of nitrogens with zero attached hydrogens (tertiary/aromatic N) is 2. The van der Waals surface area contributed by atoms with E-state index >= 15 is 0 Å². The quantitative estimate of drug-likeness (QED) is 0.694. The number of thiazole rings is 1. The molecule has 0 amide bonds. The van der Waals surface area contributed by atoms with Crippen LogP contribution in [-0.4, -0.2) is 15.0 Å². The van der Waals surface area contributed by atoms with Crippen LogP contribution in [0.15, 0.2) is 23.6 Å². The summed E-state index contributed by atoms with van der Waals surface area (Å²) in [7, 11) is 0. The van der Waals surface area contributed by atoms with Crippen LogP contribution in [-0.2, 0) is 5.75 Å². The standard InChI is InChI=1S/C12H11N3S2/c1-7-13-9-3-2-8(4-10(9)14-7)11-6-17-12(5-16)15-11/h2-4,6,16H,5H2,1H3,(H,13,14). The molecule has 86 valence electrons. The third-order valence-electron chi connectivity index (χ3n) is 2.58. The minimum atomic E-state index is 0.691. The van der Waals surface area contributed by atoms with E-state index in [9.17, 15) is 0 Å². The molecule has 1 aromatic carbocycles. The Labute approximate surface area is 108 Å². The van der Waals surface area contributed by atoms with Crippen molar-refractivity contribution in [1.29, 1.82) is 0 Å². The van der Waals surface area contributed by atoms with E-state index < -0.39 is 0 Å². The molecular weight excluding hydrogens is 250 g/mol. The lowest BCUT2D eigenvalue weighted by Crippen LogP contribution is -1.80. The van der Waals surface area contributed by atoms with Gasteiger partial charge in [-0.2, -0.15) is 12.6 Å². The maximum Gasteiger partial charge on any atom is 0.104 e. The lowest BCUT2D eigenvalue weighted by atomic mass is 10.1. The number of H-pyrrole nitrogens is 1. The highest BCUT2D eigenvalue weighted by molar-refractivity contribution is 7.79. The van der Waals surface area contributed by atoms with Crippen molar-refractivity contribution < 1.29 is 0 Å². The Bertz CT molecular complexity index is 669. The highest BCUT2D eigenvalue weighted by Crippen LogP contribution is 2.25. The van der Waals surface area contributed by atoms with E-state index in [1.807, 2.05) is 13.0 Å². The molecule has 5 heteroatoms. The van der Waals surface area contributed by atoms with E-state index in [0.717, 1.165) is 33.1 Å². The van der Waals surface area contributed by atoms with Crippen LogP contribution in [0.3, 0.4) is 0 Å². The Kier molecular flexibility index (Phi) is 2.64. The number of hydrogen-bond acceptors (Lipinski definition) is 4. The molecule has 0 radical (unpaired) electrons. The van der Waals surface area contributed by atoms with Crippen LogP contribution in [0.25, 0.3) is 22.3 Å². The maximum absolute atomic E-state index is 4.52. The molecule has 0 bridgehead atoms. The van der Waals surface area contributed by atoms with Gasteiger partial charge in [-0.05, 0) is 19.1 Å². The van der Waals surface area contributed by atoms with E-state index in [2.05, 4.69) is 45.1 Å². The topological polar surface area (TPSA) is 41.6 Å². The molecule has 0 aliphatic rings.